The molecular weight excluding hydrogens is 1340 g/mol. The van der Waals surface area contributed by atoms with Gasteiger partial charge in [-0.15, -0.1) is 0 Å². The Morgan fingerprint density at radius 1 is 0.311 bits per heavy atom. The summed E-state index contributed by atoms with van der Waals surface area (Å²) in [6.07, 6.45) is 12.8. The third-order valence-corrected chi connectivity index (χ3v) is 15.5. The second kappa shape index (κ2) is 34.2. The van der Waals surface area contributed by atoms with Crippen molar-refractivity contribution in [3.8, 4) is 0 Å². The standard InChI is InChI=1S/C65H83N25O13/c1-37(91)71-38-24-47(85(6)29-38)62(100)80-49-35-88(9)56(78-49)64(102)70-22-17-54(95)76-48-34-90(11)57(77-48)65(103)81-50-36-89(10)55(79-50)63(101)67-18-12-14-52(93)72-39-25-45(86(7)30-39)60(98)74-42-28-44(84(5)33-42)59(97)69-21-16-53(94)73-40-26-46(87(8)31-40)61(99)75-41-27-43(83(4)32-41)58(96)68-20-15-51(92)66-19-13-23-82(2)3/h24-36H,12-23H2,1-11H3,(H,66,92)(H,67,101)(H,68,96)(H,69,97)(H,70,102)(H,71,91)(H,72,93)(H,73,94)(H,74,98)(H,75,99)(H,76,95)(H,80,100)(H,81,103). The fourth-order valence-electron chi connectivity index (χ4n) is 10.5. The summed E-state index contributed by atoms with van der Waals surface area (Å²) in [5.41, 5.74) is 2.77. The molecule has 0 saturated carbocycles. The lowest BCUT2D eigenvalue weighted by Crippen LogP contribution is -2.32. The maximum Gasteiger partial charge on any atom is 0.292 e. The lowest BCUT2D eigenvalue weighted by Gasteiger charge is -2.10. The number of hydrogen-bond donors (Lipinski definition) is 13. The molecule has 38 heteroatoms. The van der Waals surface area contributed by atoms with Crippen LogP contribution in [0.15, 0.2) is 79.9 Å². The Kier molecular flexibility index (Phi) is 25.2. The molecule has 8 aromatic heterocycles. The van der Waals surface area contributed by atoms with Gasteiger partial charge < -0.3 is 111 Å². The molecule has 0 aliphatic heterocycles. The van der Waals surface area contributed by atoms with Gasteiger partial charge in [-0.05, 0) is 63.8 Å². The van der Waals surface area contributed by atoms with Crippen LogP contribution in [0, 0.1) is 0 Å². The first-order chi connectivity index (χ1) is 48.9. The van der Waals surface area contributed by atoms with Crippen LogP contribution in [-0.2, 0) is 80.4 Å². The van der Waals surface area contributed by atoms with Crippen LogP contribution < -0.4 is 69.1 Å². The average Bonchev–Trinajstić information content (AvgIpc) is 1.72. The van der Waals surface area contributed by atoms with Crippen molar-refractivity contribution < 1.29 is 62.3 Å². The van der Waals surface area contributed by atoms with Crippen molar-refractivity contribution in [3.63, 3.8) is 0 Å². The Labute approximate surface area is 589 Å². The summed E-state index contributed by atoms with van der Waals surface area (Å²) < 4.78 is 11.7. The van der Waals surface area contributed by atoms with E-state index in [4.69, 9.17) is 0 Å². The van der Waals surface area contributed by atoms with Gasteiger partial charge in [-0.2, -0.15) is 0 Å². The number of nitrogens with one attached hydrogen (secondary N) is 13. The van der Waals surface area contributed by atoms with Gasteiger partial charge in [-0.25, -0.2) is 15.0 Å². The topological polar surface area (TPSA) is 460 Å². The molecule has 0 aliphatic carbocycles. The summed E-state index contributed by atoms with van der Waals surface area (Å²) in [6, 6.07) is 7.40. The van der Waals surface area contributed by atoms with E-state index in [9.17, 15) is 62.3 Å². The number of nitrogens with zero attached hydrogens (tertiary/aromatic N) is 12. The van der Waals surface area contributed by atoms with Crippen molar-refractivity contribution in [3.05, 3.63) is 126 Å². The van der Waals surface area contributed by atoms with E-state index >= 15 is 0 Å². The van der Waals surface area contributed by atoms with E-state index in [1.807, 2.05) is 19.0 Å². The molecule has 0 atom stereocenters. The predicted molar refractivity (Wildman–Crippen MR) is 377 cm³/mol. The molecule has 0 radical (unpaired) electrons. The highest BCUT2D eigenvalue weighted by molar-refractivity contribution is 6.08. The Balaban J connectivity index is 0.700. The van der Waals surface area contributed by atoms with Gasteiger partial charge in [0.25, 0.3) is 47.3 Å². The highest BCUT2D eigenvalue weighted by Gasteiger charge is 2.24. The van der Waals surface area contributed by atoms with Gasteiger partial charge in [-0.1, -0.05) is 0 Å². The summed E-state index contributed by atoms with van der Waals surface area (Å²) >= 11 is 0. The van der Waals surface area contributed by atoms with Gasteiger partial charge in [0.2, 0.25) is 47.0 Å². The fraction of sp³-hybridized carbons (Fsp3) is 0.354. The highest BCUT2D eigenvalue weighted by atomic mass is 16.2. The molecule has 0 spiro atoms. The first-order valence-electron chi connectivity index (χ1n) is 32.3. The first kappa shape index (κ1) is 75.9. The maximum absolute atomic E-state index is 13.4. The van der Waals surface area contributed by atoms with Crippen molar-refractivity contribution in [2.75, 3.05) is 95.9 Å². The zero-order valence-corrected chi connectivity index (χ0v) is 58.7. The highest BCUT2D eigenvalue weighted by Crippen LogP contribution is 2.22. The summed E-state index contributed by atoms with van der Waals surface area (Å²) in [4.78, 5) is 182. The summed E-state index contributed by atoms with van der Waals surface area (Å²) in [6.45, 7) is 2.76. The lowest BCUT2D eigenvalue weighted by atomic mass is 10.3. The van der Waals surface area contributed by atoms with Crippen molar-refractivity contribution in [2.24, 2.45) is 56.4 Å². The quantitative estimate of drug-likeness (QED) is 0.0259. The van der Waals surface area contributed by atoms with E-state index in [-0.39, 0.29) is 139 Å². The van der Waals surface area contributed by atoms with Crippen LogP contribution in [0.3, 0.4) is 0 Å². The molecule has 38 nitrogen and oxygen atoms in total. The van der Waals surface area contributed by atoms with Gasteiger partial charge in [0, 0.05) is 171 Å². The van der Waals surface area contributed by atoms with Crippen LogP contribution in [0.2, 0.25) is 0 Å². The third kappa shape index (κ3) is 21.1. The van der Waals surface area contributed by atoms with Crippen molar-refractivity contribution in [1.82, 2.24) is 83.0 Å². The number of hydrogen-bond acceptors (Lipinski definition) is 17. The molecule has 13 N–H and O–H groups in total. The molecule has 0 bridgehead atoms. The van der Waals surface area contributed by atoms with Gasteiger partial charge >= 0.3 is 0 Å². The number of aryl methyl sites for hydroxylation is 8. The molecule has 0 saturated heterocycles. The monoisotopic (exact) mass is 1420 g/mol. The number of carbonyl (C=O) groups excluding carboxylic acids is 13. The van der Waals surface area contributed by atoms with Crippen molar-refractivity contribution in [2.45, 2.75) is 45.4 Å². The van der Waals surface area contributed by atoms with Crippen LogP contribution in [0.4, 0.5) is 45.9 Å². The zero-order valence-electron chi connectivity index (χ0n) is 58.7. The van der Waals surface area contributed by atoms with E-state index in [0.717, 1.165) is 13.0 Å². The Bertz CT molecular complexity index is 4560. The smallest absolute Gasteiger partial charge is 0.292 e. The molecule has 0 fully saturated rings. The molecule has 8 rings (SSSR count). The van der Waals surface area contributed by atoms with Gasteiger partial charge in [0.1, 0.15) is 28.5 Å². The Hall–Kier alpha value is -12.9. The maximum atomic E-state index is 13.4. The number of anilines is 8. The first-order valence-corrected chi connectivity index (χ1v) is 32.3. The average molecular weight is 1420 g/mol. The van der Waals surface area contributed by atoms with Crippen LogP contribution in [0.25, 0.3) is 0 Å². The molecule has 546 valence electrons. The fourth-order valence-corrected chi connectivity index (χ4v) is 10.5. The molecule has 0 aliphatic rings. The number of aromatic nitrogens is 11. The lowest BCUT2D eigenvalue weighted by molar-refractivity contribution is -0.121. The largest absolute Gasteiger partial charge is 0.356 e. The normalized spacial score (nSPS) is 11.0. The predicted octanol–water partition coefficient (Wildman–Crippen LogP) is 1.40. The summed E-state index contributed by atoms with van der Waals surface area (Å²) in [7, 11) is 16.6. The number of imidazole rings is 3. The molecule has 13 amide bonds. The molecule has 8 aromatic rings. The Morgan fingerprint density at radius 3 is 1.04 bits per heavy atom. The number of amides is 13. The second-order valence-electron chi connectivity index (χ2n) is 24.3. The van der Waals surface area contributed by atoms with Crippen LogP contribution in [0.5, 0.6) is 0 Å². The van der Waals surface area contributed by atoms with Crippen molar-refractivity contribution >= 4 is 123 Å². The van der Waals surface area contributed by atoms with Crippen LogP contribution in [-0.4, -0.2) is 187 Å². The number of carbonyl (C=O) groups is 13. The minimum atomic E-state index is -0.712. The molecule has 103 heavy (non-hydrogen) atoms. The van der Waals surface area contributed by atoms with E-state index in [1.54, 1.807) is 78.7 Å². The Morgan fingerprint density at radius 2 is 0.621 bits per heavy atom. The minimum absolute atomic E-state index is 0.0145. The van der Waals surface area contributed by atoms with E-state index in [1.165, 1.54) is 101 Å². The summed E-state index contributed by atoms with van der Waals surface area (Å²) in [5.74, 6) is -6.39. The molecule has 8 heterocycles. The van der Waals surface area contributed by atoms with Gasteiger partial charge in [0.05, 0.1) is 28.4 Å². The molecule has 0 unspecified atom stereocenters. The SMILES string of the molecule is CC(=O)Nc1cc(C(=O)Nc2cn(C)c(C(=O)NCCC(=O)Nc3cn(C)c(C(=O)Nc4cn(C)c(C(=O)NCCCC(=O)Nc5cc(C(=O)Nc6cc(C(=O)NCCC(=O)Nc7cc(C(=O)Nc8cc(C(=O)NCCC(=O)NCCCN(C)C)n(C)c8)n(C)c7)n(C)c6)n(C)c5)n4)n3)n2)n(C)c1. The molecular formula is C65H83N25O13. The second-order valence-corrected chi connectivity index (χ2v) is 24.3. The zero-order chi connectivity index (χ0) is 74.9. The van der Waals surface area contributed by atoms with Crippen LogP contribution >= 0.6 is 0 Å². The number of rotatable bonds is 33. The van der Waals surface area contributed by atoms with Gasteiger partial charge in [0.15, 0.2) is 17.5 Å². The van der Waals surface area contributed by atoms with E-state index < -0.39 is 65.0 Å². The summed E-state index contributed by atoms with van der Waals surface area (Å²) in [5, 5.41) is 34.9. The third-order valence-electron chi connectivity index (χ3n) is 15.5. The van der Waals surface area contributed by atoms with Crippen LogP contribution in [0.1, 0.15) is 130 Å². The van der Waals surface area contributed by atoms with Gasteiger partial charge in [-0.3, -0.25) is 62.3 Å². The molecule has 0 aromatic carbocycles. The minimum Gasteiger partial charge on any atom is -0.356 e. The van der Waals surface area contributed by atoms with E-state index in [2.05, 4.69) is 84.1 Å². The van der Waals surface area contributed by atoms with E-state index in [0.29, 0.717) is 29.3 Å². The van der Waals surface area contributed by atoms with Crippen molar-refractivity contribution in [1.29, 1.82) is 0 Å².